The van der Waals surface area contributed by atoms with Gasteiger partial charge in [0.25, 0.3) is 0 Å². The van der Waals surface area contributed by atoms with E-state index >= 15 is 0 Å². The van der Waals surface area contributed by atoms with Crippen molar-refractivity contribution in [2.24, 2.45) is 5.73 Å². The van der Waals surface area contributed by atoms with Crippen molar-refractivity contribution in [2.45, 2.75) is 13.0 Å². The molecule has 29 heavy (non-hydrogen) atoms. The predicted octanol–water partition coefficient (Wildman–Crippen LogP) is 2.15. The average Bonchev–Trinajstić information content (AvgIpc) is 2.86. The smallest absolute Gasteiger partial charge is 0.335 e. The van der Waals surface area contributed by atoms with Crippen LogP contribution in [-0.4, -0.2) is 41.9 Å². The number of sulfonamides is 1. The van der Waals surface area contributed by atoms with Crippen LogP contribution in [0.15, 0.2) is 54.2 Å². The molecule has 9 heteroatoms. The predicted molar refractivity (Wildman–Crippen MR) is 111 cm³/mol. The van der Waals surface area contributed by atoms with E-state index in [1.165, 1.54) is 24.4 Å². The van der Waals surface area contributed by atoms with Crippen molar-refractivity contribution in [1.29, 1.82) is 0 Å². The molecule has 4 N–H and O–H groups in total. The maximum atomic E-state index is 12.9. The Balaban J connectivity index is 1.86. The minimum Gasteiger partial charge on any atom is -0.507 e. The van der Waals surface area contributed by atoms with Crippen LogP contribution in [0.5, 0.6) is 0 Å². The number of aliphatic carboxylic acids is 1. The Morgan fingerprint density at radius 2 is 1.97 bits per heavy atom. The van der Waals surface area contributed by atoms with E-state index in [2.05, 4.69) is 4.98 Å². The highest BCUT2D eigenvalue weighted by Gasteiger charge is 2.31. The van der Waals surface area contributed by atoms with Crippen LogP contribution in [0.1, 0.15) is 23.1 Å². The van der Waals surface area contributed by atoms with Crippen molar-refractivity contribution in [1.82, 2.24) is 4.98 Å². The van der Waals surface area contributed by atoms with E-state index in [4.69, 9.17) is 5.73 Å². The number of carboxylic acids is 1. The molecule has 152 valence electrons. The summed E-state index contributed by atoms with van der Waals surface area (Å²) in [6.07, 6.45) is 4.47. The zero-order valence-electron chi connectivity index (χ0n) is 15.5. The number of anilines is 1. The SMILES string of the molecule is NCc1ccc(C=CCS(=O)(=O)N2CCC(C(=O)O)=C(O)c3cccnc32)cc1. The zero-order valence-corrected chi connectivity index (χ0v) is 16.3. The van der Waals surface area contributed by atoms with Crippen LogP contribution >= 0.6 is 0 Å². The molecule has 0 atom stereocenters. The summed E-state index contributed by atoms with van der Waals surface area (Å²) in [5.74, 6) is -2.04. The summed E-state index contributed by atoms with van der Waals surface area (Å²) < 4.78 is 26.9. The molecule has 2 aromatic rings. The maximum Gasteiger partial charge on any atom is 0.335 e. The molecule has 2 heterocycles. The molecule has 3 rings (SSSR count). The standard InChI is InChI=1S/C20H21N3O5S/c21-13-15-7-5-14(6-8-15)3-2-12-29(27,28)23-11-9-17(20(25)26)18(24)16-4-1-10-22-19(16)23/h1-8,10,24H,9,11-13,21H2,(H,25,26). The Labute approximate surface area is 168 Å². The first kappa shape index (κ1) is 20.6. The van der Waals surface area contributed by atoms with Gasteiger partial charge >= 0.3 is 5.97 Å². The van der Waals surface area contributed by atoms with Crippen LogP contribution < -0.4 is 10.0 Å². The largest absolute Gasteiger partial charge is 0.507 e. The quantitative estimate of drug-likeness (QED) is 0.658. The Hall–Kier alpha value is -3.17. The van der Waals surface area contributed by atoms with Crippen molar-refractivity contribution >= 4 is 33.6 Å². The third-order valence-electron chi connectivity index (χ3n) is 4.56. The van der Waals surface area contributed by atoms with E-state index in [9.17, 15) is 23.4 Å². The van der Waals surface area contributed by atoms with Crippen LogP contribution in [0.2, 0.25) is 0 Å². The second-order valence-electron chi connectivity index (χ2n) is 6.46. The number of aliphatic hydroxyl groups excluding tert-OH is 1. The third kappa shape index (κ3) is 4.47. The summed E-state index contributed by atoms with van der Waals surface area (Å²) in [5.41, 5.74) is 7.20. The summed E-state index contributed by atoms with van der Waals surface area (Å²) in [6.45, 7) is 0.302. The van der Waals surface area contributed by atoms with Gasteiger partial charge in [0.15, 0.2) is 5.82 Å². The molecule has 0 fully saturated rings. The highest BCUT2D eigenvalue weighted by Crippen LogP contribution is 2.32. The van der Waals surface area contributed by atoms with E-state index in [0.717, 1.165) is 15.4 Å². The van der Waals surface area contributed by atoms with Gasteiger partial charge in [-0.15, -0.1) is 0 Å². The van der Waals surface area contributed by atoms with Gasteiger partial charge in [0.05, 0.1) is 16.9 Å². The van der Waals surface area contributed by atoms with Gasteiger partial charge in [-0.1, -0.05) is 36.4 Å². The van der Waals surface area contributed by atoms with Gasteiger partial charge in [-0.3, -0.25) is 4.31 Å². The van der Waals surface area contributed by atoms with E-state index in [1.807, 2.05) is 24.3 Å². The molecule has 0 radical (unpaired) electrons. The van der Waals surface area contributed by atoms with Crippen molar-refractivity contribution in [3.8, 4) is 0 Å². The summed E-state index contributed by atoms with van der Waals surface area (Å²) in [7, 11) is -3.84. The molecule has 1 aliphatic heterocycles. The molecule has 0 aliphatic carbocycles. The fourth-order valence-corrected chi connectivity index (χ4v) is 4.32. The van der Waals surface area contributed by atoms with Crippen molar-refractivity contribution in [2.75, 3.05) is 16.6 Å². The van der Waals surface area contributed by atoms with Gasteiger partial charge in [0.1, 0.15) is 5.76 Å². The Kier molecular flexibility index (Phi) is 6.00. The first-order valence-corrected chi connectivity index (χ1v) is 10.5. The first-order chi connectivity index (χ1) is 13.8. The van der Waals surface area contributed by atoms with Gasteiger partial charge in [0, 0.05) is 25.7 Å². The van der Waals surface area contributed by atoms with Crippen molar-refractivity contribution in [3.63, 3.8) is 0 Å². The van der Waals surface area contributed by atoms with Crippen LogP contribution in [0.4, 0.5) is 5.82 Å². The molecular formula is C20H21N3O5S. The third-order valence-corrected chi connectivity index (χ3v) is 6.20. The lowest BCUT2D eigenvalue weighted by Gasteiger charge is -2.22. The second-order valence-corrected chi connectivity index (χ2v) is 8.39. The molecule has 8 nitrogen and oxygen atoms in total. The van der Waals surface area contributed by atoms with Gasteiger partial charge in [-0.25, -0.2) is 18.2 Å². The average molecular weight is 415 g/mol. The minimum atomic E-state index is -3.84. The number of nitrogens with zero attached hydrogens (tertiary/aromatic N) is 2. The van der Waals surface area contributed by atoms with Crippen molar-refractivity contribution < 1.29 is 23.4 Å². The molecule has 1 aromatic heterocycles. The molecule has 1 aromatic carbocycles. The Morgan fingerprint density at radius 3 is 2.62 bits per heavy atom. The number of nitrogens with two attached hydrogens (primary N) is 1. The van der Waals surface area contributed by atoms with E-state index < -0.39 is 21.8 Å². The molecule has 1 aliphatic rings. The lowest BCUT2D eigenvalue weighted by Crippen LogP contribution is -2.34. The Morgan fingerprint density at radius 1 is 1.24 bits per heavy atom. The van der Waals surface area contributed by atoms with Gasteiger partial charge in [0.2, 0.25) is 10.0 Å². The monoisotopic (exact) mass is 415 g/mol. The first-order valence-electron chi connectivity index (χ1n) is 8.90. The van der Waals surface area contributed by atoms with E-state index in [0.29, 0.717) is 6.54 Å². The fourth-order valence-electron chi connectivity index (χ4n) is 3.02. The number of benzene rings is 1. The molecule has 0 unspecified atom stereocenters. The highest BCUT2D eigenvalue weighted by atomic mass is 32.2. The minimum absolute atomic E-state index is 0.0157. The summed E-state index contributed by atoms with van der Waals surface area (Å²) in [5, 5.41) is 19.7. The number of fused-ring (bicyclic) bond motifs is 1. The number of aliphatic hydroxyl groups is 1. The number of carboxylic acid groups (broad SMARTS) is 1. The Bertz CT molecular complexity index is 1080. The number of hydrogen-bond donors (Lipinski definition) is 3. The summed E-state index contributed by atoms with van der Waals surface area (Å²) >= 11 is 0. The number of pyridine rings is 1. The fraction of sp³-hybridized carbons (Fsp3) is 0.200. The van der Waals surface area contributed by atoms with Crippen LogP contribution in [-0.2, 0) is 21.4 Å². The van der Waals surface area contributed by atoms with Crippen LogP contribution in [0.3, 0.4) is 0 Å². The topological polar surface area (TPSA) is 134 Å². The normalized spacial score (nSPS) is 14.7. The van der Waals surface area contributed by atoms with Gasteiger partial charge in [-0.05, 0) is 23.3 Å². The highest BCUT2D eigenvalue weighted by molar-refractivity contribution is 7.92. The van der Waals surface area contributed by atoms with Crippen LogP contribution in [0.25, 0.3) is 11.8 Å². The zero-order chi connectivity index (χ0) is 21.0. The van der Waals surface area contributed by atoms with Crippen molar-refractivity contribution in [3.05, 3.63) is 70.9 Å². The number of aromatic nitrogens is 1. The molecular weight excluding hydrogens is 394 g/mol. The number of carbonyl (C=O) groups is 1. The van der Waals surface area contributed by atoms with Gasteiger partial charge in [-0.2, -0.15) is 0 Å². The molecule has 0 saturated carbocycles. The maximum absolute atomic E-state index is 12.9. The van der Waals surface area contributed by atoms with E-state index in [-0.39, 0.29) is 35.7 Å². The molecule has 0 saturated heterocycles. The lowest BCUT2D eigenvalue weighted by atomic mass is 10.1. The molecule has 0 bridgehead atoms. The van der Waals surface area contributed by atoms with Gasteiger partial charge < -0.3 is 15.9 Å². The summed E-state index contributed by atoms with van der Waals surface area (Å²) in [4.78, 5) is 15.5. The molecule has 0 spiro atoms. The van der Waals surface area contributed by atoms with Crippen LogP contribution in [0, 0.1) is 0 Å². The second kappa shape index (κ2) is 8.46. The number of rotatable bonds is 6. The summed E-state index contributed by atoms with van der Waals surface area (Å²) in [6, 6.07) is 10.4. The lowest BCUT2D eigenvalue weighted by molar-refractivity contribution is -0.132. The van der Waals surface area contributed by atoms with E-state index in [1.54, 1.807) is 6.08 Å². The molecule has 0 amide bonds. The number of hydrogen-bond acceptors (Lipinski definition) is 6.